The van der Waals surface area contributed by atoms with Crippen molar-refractivity contribution in [2.24, 2.45) is 11.7 Å². The van der Waals surface area contributed by atoms with E-state index in [0.29, 0.717) is 0 Å². The van der Waals surface area contributed by atoms with Gasteiger partial charge in [0.15, 0.2) is 0 Å². The van der Waals surface area contributed by atoms with Gasteiger partial charge in [0.1, 0.15) is 0 Å². The second kappa shape index (κ2) is 4.69. The van der Waals surface area contributed by atoms with Crippen LogP contribution < -0.4 is 11.1 Å². The van der Waals surface area contributed by atoms with Crippen molar-refractivity contribution in [1.82, 2.24) is 5.32 Å². The number of hydrogen-bond donors (Lipinski definition) is 2. The normalized spacial score (nSPS) is 27.9. The fraction of sp³-hybridized carbons (Fsp3) is 1.00. The van der Waals surface area contributed by atoms with E-state index < -0.39 is 0 Å². The van der Waals surface area contributed by atoms with Crippen LogP contribution in [0.15, 0.2) is 0 Å². The zero-order valence-electron chi connectivity index (χ0n) is 6.60. The molecule has 0 saturated carbocycles. The molecule has 3 N–H and O–H groups in total. The minimum absolute atomic E-state index is 0.854. The fourth-order valence-corrected chi connectivity index (χ4v) is 1.57. The lowest BCUT2D eigenvalue weighted by atomic mass is 10.0. The first kappa shape index (κ1) is 8.02. The van der Waals surface area contributed by atoms with Gasteiger partial charge >= 0.3 is 0 Å². The molecule has 60 valence electrons. The van der Waals surface area contributed by atoms with Crippen LogP contribution in [-0.4, -0.2) is 19.6 Å². The number of rotatable bonds is 2. The van der Waals surface area contributed by atoms with Gasteiger partial charge in [0.2, 0.25) is 0 Å². The molecular weight excluding hydrogens is 124 g/mol. The minimum Gasteiger partial charge on any atom is -0.330 e. The monoisotopic (exact) mass is 142 g/mol. The molecule has 0 aromatic carbocycles. The lowest BCUT2D eigenvalue weighted by molar-refractivity contribution is 0.452. The number of nitrogens with two attached hydrogens (primary N) is 1. The predicted octanol–water partition coefficient (Wildman–Crippen LogP) is 0.725. The molecule has 0 radical (unpaired) electrons. The Morgan fingerprint density at radius 3 is 3.10 bits per heavy atom. The first-order valence-corrected chi connectivity index (χ1v) is 4.34. The molecule has 0 unspecified atom stereocenters. The van der Waals surface area contributed by atoms with E-state index >= 15 is 0 Å². The summed E-state index contributed by atoms with van der Waals surface area (Å²) in [5.41, 5.74) is 5.48. The molecule has 1 aliphatic rings. The molecule has 1 fully saturated rings. The van der Waals surface area contributed by atoms with E-state index in [1.807, 2.05) is 0 Å². The summed E-state index contributed by atoms with van der Waals surface area (Å²) < 4.78 is 0. The van der Waals surface area contributed by atoms with Crippen LogP contribution in [0.2, 0.25) is 0 Å². The summed E-state index contributed by atoms with van der Waals surface area (Å²) in [6.07, 6.45) is 5.32. The van der Waals surface area contributed by atoms with Crippen molar-refractivity contribution in [2.75, 3.05) is 19.6 Å². The Morgan fingerprint density at radius 1 is 1.40 bits per heavy atom. The second-order valence-corrected chi connectivity index (χ2v) is 3.14. The van der Waals surface area contributed by atoms with Crippen LogP contribution >= 0.6 is 0 Å². The second-order valence-electron chi connectivity index (χ2n) is 3.14. The summed E-state index contributed by atoms with van der Waals surface area (Å²) in [7, 11) is 0. The van der Waals surface area contributed by atoms with Crippen LogP contribution in [0, 0.1) is 5.92 Å². The van der Waals surface area contributed by atoms with E-state index in [1.165, 1.54) is 38.8 Å². The van der Waals surface area contributed by atoms with E-state index in [0.717, 1.165) is 12.5 Å². The van der Waals surface area contributed by atoms with Gasteiger partial charge in [-0.25, -0.2) is 0 Å². The highest BCUT2D eigenvalue weighted by Gasteiger charge is 2.09. The molecule has 0 aromatic heterocycles. The molecule has 1 aliphatic heterocycles. The highest BCUT2D eigenvalue weighted by atomic mass is 14.9. The molecule has 0 aliphatic carbocycles. The molecular formula is C8H18N2. The highest BCUT2D eigenvalue weighted by Crippen LogP contribution is 2.13. The quantitative estimate of drug-likeness (QED) is 0.596. The predicted molar refractivity (Wildman–Crippen MR) is 43.9 cm³/mol. The molecule has 0 aromatic rings. The van der Waals surface area contributed by atoms with Crippen molar-refractivity contribution >= 4 is 0 Å². The van der Waals surface area contributed by atoms with Gasteiger partial charge in [-0.05, 0) is 44.8 Å². The maximum atomic E-state index is 5.48. The van der Waals surface area contributed by atoms with Crippen molar-refractivity contribution in [2.45, 2.75) is 25.7 Å². The Hall–Kier alpha value is -0.0800. The van der Waals surface area contributed by atoms with Crippen LogP contribution in [0.3, 0.4) is 0 Å². The highest BCUT2D eigenvalue weighted by molar-refractivity contribution is 4.67. The van der Waals surface area contributed by atoms with Gasteiger partial charge < -0.3 is 11.1 Å². The van der Waals surface area contributed by atoms with Crippen LogP contribution in [0.25, 0.3) is 0 Å². The molecule has 1 saturated heterocycles. The van der Waals surface area contributed by atoms with Crippen molar-refractivity contribution in [1.29, 1.82) is 0 Å². The molecule has 0 bridgehead atoms. The Kier molecular flexibility index (Phi) is 3.76. The standard InChI is InChI=1S/C8H18N2/c9-5-4-8-3-1-2-6-10-7-8/h8,10H,1-7,9H2/t8-/m0/s1. The van der Waals surface area contributed by atoms with E-state index in [1.54, 1.807) is 0 Å². The zero-order valence-corrected chi connectivity index (χ0v) is 6.60. The Balaban J connectivity index is 2.15. The Bertz CT molecular complexity index is 75.3. The van der Waals surface area contributed by atoms with Gasteiger partial charge in [-0.15, -0.1) is 0 Å². The van der Waals surface area contributed by atoms with E-state index in [-0.39, 0.29) is 0 Å². The third kappa shape index (κ3) is 2.67. The average Bonchev–Trinajstić information content (AvgIpc) is 2.17. The minimum atomic E-state index is 0.854. The third-order valence-electron chi connectivity index (χ3n) is 2.22. The van der Waals surface area contributed by atoms with Crippen molar-refractivity contribution in [3.63, 3.8) is 0 Å². The summed E-state index contributed by atoms with van der Waals surface area (Å²) in [4.78, 5) is 0. The molecule has 10 heavy (non-hydrogen) atoms. The zero-order chi connectivity index (χ0) is 7.23. The Morgan fingerprint density at radius 2 is 2.30 bits per heavy atom. The van der Waals surface area contributed by atoms with Gasteiger partial charge in [0, 0.05) is 0 Å². The van der Waals surface area contributed by atoms with Gasteiger partial charge in [-0.3, -0.25) is 0 Å². The summed E-state index contributed by atoms with van der Waals surface area (Å²) in [5, 5.41) is 3.43. The maximum absolute atomic E-state index is 5.48. The fourth-order valence-electron chi connectivity index (χ4n) is 1.57. The molecule has 2 heteroatoms. The van der Waals surface area contributed by atoms with Crippen LogP contribution in [0.5, 0.6) is 0 Å². The first-order valence-electron chi connectivity index (χ1n) is 4.34. The van der Waals surface area contributed by atoms with Crippen LogP contribution in [-0.2, 0) is 0 Å². The first-order chi connectivity index (χ1) is 4.93. The molecule has 1 atom stereocenters. The topological polar surface area (TPSA) is 38.0 Å². The van der Waals surface area contributed by atoms with E-state index in [4.69, 9.17) is 5.73 Å². The largest absolute Gasteiger partial charge is 0.330 e. The van der Waals surface area contributed by atoms with Crippen molar-refractivity contribution in [3.05, 3.63) is 0 Å². The summed E-state index contributed by atoms with van der Waals surface area (Å²) in [5.74, 6) is 0.854. The lowest BCUT2D eigenvalue weighted by Crippen LogP contribution is -2.22. The third-order valence-corrected chi connectivity index (χ3v) is 2.22. The molecule has 1 heterocycles. The smallest absolute Gasteiger partial charge is 0.00200 e. The summed E-state index contributed by atoms with van der Waals surface area (Å²) in [6.45, 7) is 3.25. The van der Waals surface area contributed by atoms with E-state index in [2.05, 4.69) is 5.32 Å². The molecule has 2 nitrogen and oxygen atoms in total. The van der Waals surface area contributed by atoms with Crippen molar-refractivity contribution < 1.29 is 0 Å². The van der Waals surface area contributed by atoms with E-state index in [9.17, 15) is 0 Å². The van der Waals surface area contributed by atoms with Crippen LogP contribution in [0.1, 0.15) is 25.7 Å². The van der Waals surface area contributed by atoms with Gasteiger partial charge in [-0.2, -0.15) is 0 Å². The molecule has 0 spiro atoms. The van der Waals surface area contributed by atoms with Crippen LogP contribution in [0.4, 0.5) is 0 Å². The number of nitrogens with one attached hydrogen (secondary N) is 1. The van der Waals surface area contributed by atoms with Gasteiger partial charge in [0.05, 0.1) is 0 Å². The summed E-state index contributed by atoms with van der Waals surface area (Å²) in [6, 6.07) is 0. The molecule has 1 rings (SSSR count). The van der Waals surface area contributed by atoms with Gasteiger partial charge in [0.25, 0.3) is 0 Å². The summed E-state index contributed by atoms with van der Waals surface area (Å²) >= 11 is 0. The maximum Gasteiger partial charge on any atom is -0.00200 e. The average molecular weight is 142 g/mol. The molecule has 0 amide bonds. The van der Waals surface area contributed by atoms with Crippen molar-refractivity contribution in [3.8, 4) is 0 Å². The SMILES string of the molecule is NCC[C@@H]1CCCCNC1. The Labute approximate surface area is 63.2 Å². The lowest BCUT2D eigenvalue weighted by Gasteiger charge is -2.11. The van der Waals surface area contributed by atoms with Gasteiger partial charge in [-0.1, -0.05) is 6.42 Å². The number of hydrogen-bond acceptors (Lipinski definition) is 2.